The monoisotopic (exact) mass is 300 g/mol. The first-order valence-electron chi connectivity index (χ1n) is 7.01. The highest BCUT2D eigenvalue weighted by atomic mass is 16.6. The second-order valence-corrected chi connectivity index (χ2v) is 5.65. The number of ether oxygens (including phenoxy) is 1. The third kappa shape index (κ3) is 2.98. The molecule has 3 rings (SSSR count). The lowest BCUT2D eigenvalue weighted by Crippen LogP contribution is -2.16. The van der Waals surface area contributed by atoms with E-state index in [4.69, 9.17) is 10.5 Å². The topological polar surface area (TPSA) is 104 Å². The molecule has 1 aromatic carbocycles. The molecule has 7 nitrogen and oxygen atoms in total. The zero-order chi connectivity index (χ0) is 15.7. The van der Waals surface area contributed by atoms with Crippen LogP contribution in [0.15, 0.2) is 30.3 Å². The zero-order valence-electron chi connectivity index (χ0n) is 12.2. The fraction of sp³-hybridized carbons (Fsp3) is 0.333. The molecule has 0 amide bonds. The number of nitro groups is 1. The highest BCUT2D eigenvalue weighted by Crippen LogP contribution is 2.42. The van der Waals surface area contributed by atoms with Crippen molar-refractivity contribution >= 4 is 11.5 Å². The number of hydrogen-bond donors (Lipinski definition) is 1. The van der Waals surface area contributed by atoms with Crippen molar-refractivity contribution in [2.75, 3.05) is 5.73 Å². The number of hydrogen-bond acceptors (Lipinski definition) is 6. The number of nitrogens with zero attached hydrogens (tertiary/aromatic N) is 3. The van der Waals surface area contributed by atoms with Gasteiger partial charge in [0.2, 0.25) is 5.82 Å². The van der Waals surface area contributed by atoms with Crippen LogP contribution in [0.4, 0.5) is 11.5 Å². The predicted octanol–water partition coefficient (Wildman–Crippen LogP) is 2.49. The van der Waals surface area contributed by atoms with Gasteiger partial charge in [-0.25, -0.2) is 4.98 Å². The first-order valence-corrected chi connectivity index (χ1v) is 7.01. The molecule has 114 valence electrons. The summed E-state index contributed by atoms with van der Waals surface area (Å²) in [5.74, 6) is 0.210. The molecule has 1 heterocycles. The maximum absolute atomic E-state index is 11.2. The molecule has 1 aromatic heterocycles. The van der Waals surface area contributed by atoms with Crippen molar-refractivity contribution in [3.05, 3.63) is 51.8 Å². The quantitative estimate of drug-likeness (QED) is 0.672. The number of anilines is 1. The van der Waals surface area contributed by atoms with Gasteiger partial charge in [0.25, 0.3) is 0 Å². The van der Waals surface area contributed by atoms with Crippen LogP contribution in [0.2, 0.25) is 0 Å². The van der Waals surface area contributed by atoms with E-state index in [1.165, 1.54) is 0 Å². The smallest absolute Gasteiger partial charge is 0.372 e. The number of nitrogens with two attached hydrogens (primary N) is 1. The summed E-state index contributed by atoms with van der Waals surface area (Å²) in [5, 5.41) is 11.2. The molecule has 0 saturated heterocycles. The van der Waals surface area contributed by atoms with Crippen LogP contribution in [0.1, 0.15) is 31.2 Å². The van der Waals surface area contributed by atoms with Crippen molar-refractivity contribution in [3.8, 4) is 5.88 Å². The predicted molar refractivity (Wildman–Crippen MR) is 80.6 cm³/mol. The van der Waals surface area contributed by atoms with Gasteiger partial charge in [0.1, 0.15) is 11.4 Å². The van der Waals surface area contributed by atoms with Gasteiger partial charge in [0.15, 0.2) is 0 Å². The van der Waals surface area contributed by atoms with Crippen LogP contribution in [0.25, 0.3) is 0 Å². The fourth-order valence-electron chi connectivity index (χ4n) is 2.11. The van der Waals surface area contributed by atoms with Gasteiger partial charge < -0.3 is 10.5 Å². The number of aromatic nitrogens is 2. The van der Waals surface area contributed by atoms with Crippen LogP contribution in [0.5, 0.6) is 5.88 Å². The molecule has 1 saturated carbocycles. The van der Waals surface area contributed by atoms with Gasteiger partial charge in [-0.2, -0.15) is 4.98 Å². The molecule has 0 radical (unpaired) electrons. The fourth-order valence-corrected chi connectivity index (χ4v) is 2.11. The van der Waals surface area contributed by atoms with E-state index in [2.05, 4.69) is 9.97 Å². The van der Waals surface area contributed by atoms with Gasteiger partial charge in [-0.1, -0.05) is 30.3 Å². The van der Waals surface area contributed by atoms with Crippen molar-refractivity contribution in [1.29, 1.82) is 0 Å². The van der Waals surface area contributed by atoms with E-state index in [-0.39, 0.29) is 23.0 Å². The summed E-state index contributed by atoms with van der Waals surface area (Å²) in [5.41, 5.74) is 6.01. The van der Waals surface area contributed by atoms with Crippen LogP contribution in [-0.4, -0.2) is 20.5 Å². The SMILES string of the molecule is CC1(Oc2nc(Cc3ccccc3)nc(N)c2[N+](=O)[O-])CC1. The van der Waals surface area contributed by atoms with Crippen molar-refractivity contribution in [2.24, 2.45) is 0 Å². The average Bonchev–Trinajstić information content (AvgIpc) is 3.16. The Labute approximate surface area is 127 Å². The van der Waals surface area contributed by atoms with Gasteiger partial charge in [0, 0.05) is 6.42 Å². The molecule has 2 aromatic rings. The van der Waals surface area contributed by atoms with Crippen LogP contribution in [0.3, 0.4) is 0 Å². The van der Waals surface area contributed by atoms with E-state index < -0.39 is 4.92 Å². The molecule has 0 bridgehead atoms. The molecule has 2 N–H and O–H groups in total. The zero-order valence-corrected chi connectivity index (χ0v) is 12.2. The lowest BCUT2D eigenvalue weighted by molar-refractivity contribution is -0.385. The van der Waals surface area contributed by atoms with Crippen molar-refractivity contribution < 1.29 is 9.66 Å². The molecule has 0 atom stereocenters. The van der Waals surface area contributed by atoms with Crippen LogP contribution in [-0.2, 0) is 6.42 Å². The Morgan fingerprint density at radius 1 is 1.32 bits per heavy atom. The first-order chi connectivity index (χ1) is 10.5. The van der Waals surface area contributed by atoms with Gasteiger partial charge in [-0.15, -0.1) is 0 Å². The van der Waals surface area contributed by atoms with Gasteiger partial charge in [-0.05, 0) is 25.3 Å². The van der Waals surface area contributed by atoms with Crippen LogP contribution >= 0.6 is 0 Å². The number of nitrogen functional groups attached to an aromatic ring is 1. The van der Waals surface area contributed by atoms with E-state index in [0.29, 0.717) is 12.2 Å². The Morgan fingerprint density at radius 3 is 2.59 bits per heavy atom. The van der Waals surface area contributed by atoms with Crippen LogP contribution in [0, 0.1) is 10.1 Å². The normalized spacial score (nSPS) is 15.3. The summed E-state index contributed by atoms with van der Waals surface area (Å²) < 4.78 is 5.69. The highest BCUT2D eigenvalue weighted by Gasteiger charge is 2.42. The summed E-state index contributed by atoms with van der Waals surface area (Å²) in [7, 11) is 0. The van der Waals surface area contributed by atoms with Crippen molar-refractivity contribution in [2.45, 2.75) is 31.8 Å². The third-order valence-corrected chi connectivity index (χ3v) is 3.61. The largest absolute Gasteiger partial charge is 0.466 e. The average molecular weight is 300 g/mol. The number of rotatable bonds is 5. The standard InChI is InChI=1S/C15H16N4O3/c1-15(7-8-15)22-14-12(19(20)21)13(16)17-11(18-14)9-10-5-3-2-4-6-10/h2-6H,7-9H2,1H3,(H2,16,17,18). The maximum atomic E-state index is 11.2. The van der Waals surface area contributed by atoms with Crippen LogP contribution < -0.4 is 10.5 Å². The Hall–Kier alpha value is -2.70. The minimum atomic E-state index is -0.595. The molecule has 1 aliphatic rings. The Kier molecular flexibility index (Phi) is 3.40. The van der Waals surface area contributed by atoms with E-state index in [0.717, 1.165) is 18.4 Å². The summed E-state index contributed by atoms with van der Waals surface area (Å²) in [4.78, 5) is 18.9. The summed E-state index contributed by atoms with van der Waals surface area (Å²) in [6.07, 6.45) is 2.14. The summed E-state index contributed by atoms with van der Waals surface area (Å²) in [6.45, 7) is 1.89. The first kappa shape index (κ1) is 14.2. The van der Waals surface area contributed by atoms with Crippen molar-refractivity contribution in [3.63, 3.8) is 0 Å². The van der Waals surface area contributed by atoms with Crippen molar-refractivity contribution in [1.82, 2.24) is 9.97 Å². The molecular weight excluding hydrogens is 284 g/mol. The van der Waals surface area contributed by atoms with E-state index in [1.54, 1.807) is 0 Å². The number of benzene rings is 1. The van der Waals surface area contributed by atoms with E-state index in [9.17, 15) is 10.1 Å². The lowest BCUT2D eigenvalue weighted by Gasteiger charge is -2.13. The van der Waals surface area contributed by atoms with E-state index >= 15 is 0 Å². The highest BCUT2D eigenvalue weighted by molar-refractivity contribution is 5.59. The molecule has 1 aliphatic carbocycles. The molecule has 0 aliphatic heterocycles. The lowest BCUT2D eigenvalue weighted by atomic mass is 10.1. The Morgan fingerprint density at radius 2 is 2.00 bits per heavy atom. The minimum Gasteiger partial charge on any atom is -0.466 e. The molecule has 7 heteroatoms. The molecule has 1 fully saturated rings. The van der Waals surface area contributed by atoms with Gasteiger partial charge in [0.05, 0.1) is 4.92 Å². The van der Waals surface area contributed by atoms with E-state index in [1.807, 2.05) is 37.3 Å². The van der Waals surface area contributed by atoms with Gasteiger partial charge >= 0.3 is 11.6 Å². The molecule has 22 heavy (non-hydrogen) atoms. The molecule has 0 spiro atoms. The summed E-state index contributed by atoms with van der Waals surface area (Å²) >= 11 is 0. The second kappa shape index (κ2) is 5.25. The Bertz CT molecular complexity index is 714. The second-order valence-electron chi connectivity index (χ2n) is 5.65. The molecule has 0 unspecified atom stereocenters. The minimum absolute atomic E-state index is 0.0385. The molecular formula is C15H16N4O3. The third-order valence-electron chi connectivity index (χ3n) is 3.61. The maximum Gasteiger partial charge on any atom is 0.372 e. The Balaban J connectivity index is 1.96. The summed E-state index contributed by atoms with van der Waals surface area (Å²) in [6, 6.07) is 9.60. The van der Waals surface area contributed by atoms with Gasteiger partial charge in [-0.3, -0.25) is 10.1 Å².